The van der Waals surface area contributed by atoms with Crippen LogP contribution in [-0.4, -0.2) is 38.2 Å². The fourth-order valence-corrected chi connectivity index (χ4v) is 13.5. The van der Waals surface area contributed by atoms with Gasteiger partial charge in [-0.25, -0.2) is 0 Å². The van der Waals surface area contributed by atoms with Gasteiger partial charge in [-0.3, -0.25) is 19.9 Å². The minimum atomic E-state index is -0.885. The smallest absolute Gasteiger partial charge is 0.0716 e. The Morgan fingerprint density at radius 2 is 0.506 bits per heavy atom. The summed E-state index contributed by atoms with van der Waals surface area (Å²) in [5, 5.41) is 9.00. The number of nitrogens with zero attached hydrogens (tertiary/aromatic N) is 8. The number of para-hydroxylation sites is 4. The van der Waals surface area contributed by atoms with E-state index in [4.69, 9.17) is 0 Å². The predicted molar refractivity (Wildman–Crippen MR) is 312 cm³/mol. The van der Waals surface area contributed by atoms with Crippen LogP contribution in [0.4, 0.5) is 0 Å². The van der Waals surface area contributed by atoms with E-state index in [1.807, 2.05) is 49.6 Å². The zero-order valence-corrected chi connectivity index (χ0v) is 41.3. The SMILES string of the molecule is c1ccc2c(c1)-c1ccccc1C2(c1cc(-n2c3ccccc3c3cnccc32)cc(-n2c3ccccc3c3cnccc32)c1)c1cc(-n2c3ccccc3c3cnccc32)cc(-n2c3ccccc3c3cnccc32)c1. The van der Waals surface area contributed by atoms with Crippen LogP contribution in [0.3, 0.4) is 0 Å². The number of aromatic nitrogens is 8. The highest BCUT2D eigenvalue weighted by Gasteiger charge is 2.47. The lowest BCUT2D eigenvalue weighted by molar-refractivity contribution is 0.763. The van der Waals surface area contributed by atoms with E-state index in [-0.39, 0.29) is 0 Å². The summed E-state index contributed by atoms with van der Waals surface area (Å²) in [6.45, 7) is 0. The third kappa shape index (κ3) is 5.70. The molecular weight excluding hydrogens is 941 g/mol. The first-order valence-electron chi connectivity index (χ1n) is 26.1. The van der Waals surface area contributed by atoms with Crippen LogP contribution in [0.1, 0.15) is 22.3 Å². The van der Waals surface area contributed by atoms with Gasteiger partial charge >= 0.3 is 0 Å². The molecule has 0 fully saturated rings. The van der Waals surface area contributed by atoms with Gasteiger partial charge in [0.2, 0.25) is 0 Å². The summed E-state index contributed by atoms with van der Waals surface area (Å²) in [5.41, 5.74) is 19.1. The van der Waals surface area contributed by atoms with Crippen LogP contribution < -0.4 is 0 Å². The van der Waals surface area contributed by atoms with Crippen molar-refractivity contribution >= 4 is 87.2 Å². The Morgan fingerprint density at radius 3 is 0.818 bits per heavy atom. The average molecular weight is 983 g/mol. The number of hydrogen-bond donors (Lipinski definition) is 0. The molecule has 8 nitrogen and oxygen atoms in total. The second-order valence-corrected chi connectivity index (χ2v) is 20.3. The van der Waals surface area contributed by atoms with Crippen LogP contribution in [0.15, 0.2) is 256 Å². The van der Waals surface area contributed by atoms with E-state index in [1.165, 1.54) is 22.3 Å². The third-order valence-electron chi connectivity index (χ3n) is 16.6. The molecule has 0 atom stereocenters. The normalized spacial score (nSPS) is 13.0. The van der Waals surface area contributed by atoms with Crippen molar-refractivity contribution in [3.8, 4) is 33.9 Å². The maximum Gasteiger partial charge on any atom is 0.0716 e. The molecule has 1 aliphatic rings. The van der Waals surface area contributed by atoms with E-state index in [0.717, 1.165) is 121 Å². The summed E-state index contributed by atoms with van der Waals surface area (Å²) in [6, 6.07) is 76.3. The largest absolute Gasteiger partial charge is 0.309 e. The number of pyridine rings is 4. The van der Waals surface area contributed by atoms with Gasteiger partial charge in [-0.2, -0.15) is 0 Å². The molecule has 0 spiro atoms. The Kier molecular flexibility index (Phi) is 8.61. The van der Waals surface area contributed by atoms with Crippen molar-refractivity contribution in [2.24, 2.45) is 0 Å². The van der Waals surface area contributed by atoms with Crippen molar-refractivity contribution in [3.63, 3.8) is 0 Å². The quantitative estimate of drug-likeness (QED) is 0.166. The van der Waals surface area contributed by atoms with E-state index in [1.54, 1.807) is 0 Å². The van der Waals surface area contributed by atoms with Crippen molar-refractivity contribution in [2.75, 3.05) is 0 Å². The summed E-state index contributed by atoms with van der Waals surface area (Å²) in [7, 11) is 0. The molecule has 1 aliphatic carbocycles. The van der Waals surface area contributed by atoms with Gasteiger partial charge in [0.15, 0.2) is 0 Å². The molecule has 0 N–H and O–H groups in total. The predicted octanol–water partition coefficient (Wildman–Crippen LogP) is 16.0. The van der Waals surface area contributed by atoms with Crippen molar-refractivity contribution in [1.82, 2.24) is 38.2 Å². The van der Waals surface area contributed by atoms with Gasteiger partial charge in [-0.15, -0.1) is 0 Å². The van der Waals surface area contributed by atoms with Crippen molar-refractivity contribution in [3.05, 3.63) is 278 Å². The molecule has 77 heavy (non-hydrogen) atoms. The Labute approximate surface area is 440 Å². The van der Waals surface area contributed by atoms with Gasteiger partial charge in [0.25, 0.3) is 0 Å². The molecule has 0 aliphatic heterocycles. The lowest BCUT2D eigenvalue weighted by Gasteiger charge is -2.35. The van der Waals surface area contributed by atoms with Gasteiger partial charge in [0, 0.05) is 115 Å². The molecule has 0 bridgehead atoms. The monoisotopic (exact) mass is 982 g/mol. The Hall–Kier alpha value is -10.4. The number of rotatable bonds is 6. The molecule has 0 saturated heterocycles. The second kappa shape index (κ2) is 15.8. The molecule has 8 aromatic heterocycles. The Bertz CT molecular complexity index is 4350. The van der Waals surface area contributed by atoms with Crippen molar-refractivity contribution < 1.29 is 0 Å². The maximum absolute atomic E-state index is 4.68. The third-order valence-corrected chi connectivity index (χ3v) is 16.6. The summed E-state index contributed by atoms with van der Waals surface area (Å²) < 4.78 is 9.76. The van der Waals surface area contributed by atoms with Crippen LogP contribution >= 0.6 is 0 Å². The first-order chi connectivity index (χ1) is 38.2. The molecule has 8 heteroatoms. The summed E-state index contributed by atoms with van der Waals surface area (Å²) in [4.78, 5) is 18.7. The average Bonchev–Trinajstić information content (AvgIpc) is 4.47. The summed E-state index contributed by atoms with van der Waals surface area (Å²) in [6.07, 6.45) is 15.7. The zero-order valence-electron chi connectivity index (χ0n) is 41.3. The minimum Gasteiger partial charge on any atom is -0.309 e. The zero-order chi connectivity index (χ0) is 50.3. The Balaban J connectivity index is 1.08. The highest BCUT2D eigenvalue weighted by atomic mass is 15.0. The highest BCUT2D eigenvalue weighted by molar-refractivity contribution is 6.12. The van der Waals surface area contributed by atoms with Crippen LogP contribution in [0, 0.1) is 0 Å². The van der Waals surface area contributed by atoms with Crippen molar-refractivity contribution in [2.45, 2.75) is 5.41 Å². The van der Waals surface area contributed by atoms with Gasteiger partial charge in [0.1, 0.15) is 0 Å². The fourth-order valence-electron chi connectivity index (χ4n) is 13.5. The van der Waals surface area contributed by atoms with Crippen LogP contribution in [-0.2, 0) is 5.41 Å². The molecule has 0 amide bonds. The molecular formula is C69H42N8. The van der Waals surface area contributed by atoms with Crippen molar-refractivity contribution in [1.29, 1.82) is 0 Å². The number of hydrogen-bond acceptors (Lipinski definition) is 4. The van der Waals surface area contributed by atoms with Crippen LogP contribution in [0.2, 0.25) is 0 Å². The molecule has 358 valence electrons. The first-order valence-corrected chi connectivity index (χ1v) is 26.1. The van der Waals surface area contributed by atoms with Crippen LogP contribution in [0.25, 0.3) is 121 Å². The van der Waals surface area contributed by atoms with Gasteiger partial charge in [-0.05, 0) is 118 Å². The van der Waals surface area contributed by atoms with E-state index in [0.29, 0.717) is 0 Å². The standard InChI is InChI=1S/C69H42N8/c1-7-19-59-49(13-1)50-14-2-8-20-60(50)69(59,43-33-45(74-61-21-9-3-15-51(61)55-39-70-29-25-65(55)74)37-46(34-43)75-62-22-10-4-16-52(62)56-40-71-30-26-66(56)75)44-35-47(76-63-23-11-5-17-53(63)57-41-72-31-27-67(57)76)38-48(36-44)77-64-24-12-6-18-54(64)58-42-73-32-28-68(58)77/h1-42H. The molecule has 0 unspecified atom stereocenters. The number of fused-ring (bicyclic) bond motifs is 15. The molecule has 0 saturated carbocycles. The molecule has 8 heterocycles. The van der Waals surface area contributed by atoms with Gasteiger partial charge in [0.05, 0.1) is 49.5 Å². The molecule has 16 aromatic rings. The van der Waals surface area contributed by atoms with Gasteiger partial charge < -0.3 is 18.3 Å². The lowest BCUT2D eigenvalue weighted by Crippen LogP contribution is -2.29. The van der Waals surface area contributed by atoms with E-state index < -0.39 is 5.41 Å². The molecule has 17 rings (SSSR count). The summed E-state index contributed by atoms with van der Waals surface area (Å²) >= 11 is 0. The van der Waals surface area contributed by atoms with E-state index in [2.05, 4.69) is 244 Å². The fraction of sp³-hybridized carbons (Fsp3) is 0.0145. The maximum atomic E-state index is 4.68. The van der Waals surface area contributed by atoms with Crippen LogP contribution in [0.5, 0.6) is 0 Å². The number of benzene rings is 8. The van der Waals surface area contributed by atoms with E-state index >= 15 is 0 Å². The second-order valence-electron chi connectivity index (χ2n) is 20.3. The molecule has 8 aromatic carbocycles. The highest BCUT2D eigenvalue weighted by Crippen LogP contribution is 2.58. The summed E-state index contributed by atoms with van der Waals surface area (Å²) in [5.74, 6) is 0. The van der Waals surface area contributed by atoms with E-state index in [9.17, 15) is 0 Å². The topological polar surface area (TPSA) is 71.3 Å². The molecule has 0 radical (unpaired) electrons. The minimum absolute atomic E-state index is 0.885. The Morgan fingerprint density at radius 1 is 0.247 bits per heavy atom. The first kappa shape index (κ1) is 42.0. The van der Waals surface area contributed by atoms with Gasteiger partial charge in [-0.1, -0.05) is 121 Å². The lowest BCUT2D eigenvalue weighted by atomic mass is 9.67.